The predicted octanol–water partition coefficient (Wildman–Crippen LogP) is 21.5. The molecule has 11 aromatic carbocycles. The Kier molecular flexibility index (Phi) is 12.5. The van der Waals surface area contributed by atoms with Gasteiger partial charge in [-0.3, -0.25) is 19.9 Å². The van der Waals surface area contributed by atoms with Gasteiger partial charge in [-0.05, 0) is 162 Å². The van der Waals surface area contributed by atoms with Crippen LogP contribution in [0.2, 0.25) is 0 Å². The molecule has 0 spiro atoms. The second kappa shape index (κ2) is 20.7. The van der Waals surface area contributed by atoms with Crippen molar-refractivity contribution in [3.05, 3.63) is 283 Å². The molecular formula is C80H59N5. The van der Waals surface area contributed by atoms with Crippen molar-refractivity contribution < 1.29 is 0 Å². The van der Waals surface area contributed by atoms with E-state index in [0.29, 0.717) is 0 Å². The van der Waals surface area contributed by atoms with E-state index >= 15 is 0 Å². The minimum Gasteiger partial charge on any atom is -0.307 e. The van der Waals surface area contributed by atoms with Gasteiger partial charge in [0.25, 0.3) is 0 Å². The summed E-state index contributed by atoms with van der Waals surface area (Å²) >= 11 is 0. The normalized spacial score (nSPS) is 11.6. The summed E-state index contributed by atoms with van der Waals surface area (Å²) in [4.78, 5) is 23.3. The second-order valence-electron chi connectivity index (χ2n) is 22.9. The first-order valence-corrected chi connectivity index (χ1v) is 29.3. The van der Waals surface area contributed by atoms with Gasteiger partial charge in [0.2, 0.25) is 0 Å². The van der Waals surface area contributed by atoms with E-state index in [1.807, 2.05) is 30.9 Å². The summed E-state index contributed by atoms with van der Waals surface area (Å²) in [6.07, 6.45) is 7.68. The zero-order valence-corrected chi connectivity index (χ0v) is 48.4. The Morgan fingerprint density at radius 3 is 0.859 bits per heavy atom. The summed E-state index contributed by atoms with van der Waals surface area (Å²) in [7, 11) is 0. The molecule has 0 unspecified atom stereocenters. The topological polar surface area (TPSA) is 54.8 Å². The maximum Gasteiger partial charge on any atom is 0.0948 e. The van der Waals surface area contributed by atoms with Crippen molar-refractivity contribution in [3.8, 4) is 66.8 Å². The van der Waals surface area contributed by atoms with E-state index in [0.717, 1.165) is 116 Å². The summed E-state index contributed by atoms with van der Waals surface area (Å²) in [5.41, 5.74) is 27.9. The number of aromatic nitrogens is 4. The number of pyridine rings is 4. The van der Waals surface area contributed by atoms with Crippen LogP contribution in [0.4, 0.5) is 17.1 Å². The summed E-state index contributed by atoms with van der Waals surface area (Å²) in [5.74, 6) is 0. The second-order valence-corrected chi connectivity index (χ2v) is 22.9. The van der Waals surface area contributed by atoms with Crippen molar-refractivity contribution in [1.82, 2.24) is 19.9 Å². The van der Waals surface area contributed by atoms with Gasteiger partial charge in [0, 0.05) is 73.8 Å². The van der Waals surface area contributed by atoms with Crippen LogP contribution in [0.15, 0.2) is 249 Å². The number of hydrogen-bond donors (Lipinski definition) is 0. The average molecular weight is 1090 g/mol. The van der Waals surface area contributed by atoms with E-state index in [4.69, 9.17) is 19.9 Å². The number of rotatable bonds is 9. The standard InChI is InChI=1S/C80H59N5/c1-48-23-26-51(4)71(45-48)59-29-32-68(77-64(59)19-11-41-81-77)56-35-38-74(62-17-9-7-15-54(56)62)85(75-39-36-57(55-16-8-10-18-63(55)75)69-33-30-60(65-20-12-42-82-78(65)69)72-46-49(2)24-27-52(72)5)76-40-37-58(67-22-14-44-84-80(67)76)70-34-31-61(66-21-13-43-83-79(66)70)73-47-50(3)25-28-53(73)6/h7-47H,1-6H3. The molecule has 0 radical (unpaired) electrons. The highest BCUT2D eigenvalue weighted by atomic mass is 15.2. The van der Waals surface area contributed by atoms with Gasteiger partial charge >= 0.3 is 0 Å². The summed E-state index contributed by atoms with van der Waals surface area (Å²) in [6, 6.07) is 82.3. The lowest BCUT2D eigenvalue weighted by Gasteiger charge is -2.30. The highest BCUT2D eigenvalue weighted by molar-refractivity contribution is 6.18. The zero-order chi connectivity index (χ0) is 57.4. The van der Waals surface area contributed by atoms with E-state index in [2.05, 4.69) is 265 Å². The molecule has 5 heteroatoms. The molecule has 0 aliphatic rings. The minimum absolute atomic E-state index is 0.874. The number of aryl methyl sites for hydroxylation is 6. The molecule has 5 nitrogen and oxygen atoms in total. The third-order valence-electron chi connectivity index (χ3n) is 17.5. The fraction of sp³-hybridized carbons (Fsp3) is 0.0750. The van der Waals surface area contributed by atoms with Crippen LogP contribution in [0.5, 0.6) is 0 Å². The van der Waals surface area contributed by atoms with Crippen molar-refractivity contribution in [1.29, 1.82) is 0 Å². The number of benzene rings is 11. The fourth-order valence-electron chi connectivity index (χ4n) is 13.3. The third kappa shape index (κ3) is 8.61. The van der Waals surface area contributed by atoms with Crippen LogP contribution in [0.1, 0.15) is 33.4 Å². The van der Waals surface area contributed by atoms with E-state index in [-0.39, 0.29) is 0 Å². The number of hydrogen-bond acceptors (Lipinski definition) is 5. The van der Waals surface area contributed by atoms with Crippen molar-refractivity contribution in [2.24, 2.45) is 0 Å². The Hall–Kier alpha value is -10.6. The first kappa shape index (κ1) is 51.3. The van der Waals surface area contributed by atoms with E-state index in [9.17, 15) is 0 Å². The zero-order valence-electron chi connectivity index (χ0n) is 48.4. The molecule has 0 amide bonds. The highest BCUT2D eigenvalue weighted by Gasteiger charge is 2.26. The monoisotopic (exact) mass is 1090 g/mol. The molecule has 15 rings (SSSR count). The van der Waals surface area contributed by atoms with Crippen LogP contribution in [-0.2, 0) is 0 Å². The van der Waals surface area contributed by atoms with Crippen molar-refractivity contribution in [2.75, 3.05) is 4.90 Å². The maximum atomic E-state index is 5.38. The van der Waals surface area contributed by atoms with Gasteiger partial charge < -0.3 is 4.90 Å². The van der Waals surface area contributed by atoms with Crippen LogP contribution >= 0.6 is 0 Å². The Morgan fingerprint density at radius 2 is 0.482 bits per heavy atom. The molecule has 0 saturated heterocycles. The van der Waals surface area contributed by atoms with Crippen LogP contribution in [0, 0.1) is 41.5 Å². The summed E-state index contributed by atoms with van der Waals surface area (Å²) in [6.45, 7) is 13.1. The van der Waals surface area contributed by atoms with Gasteiger partial charge in [-0.1, -0.05) is 199 Å². The number of nitrogens with zero attached hydrogens (tertiary/aromatic N) is 5. The van der Waals surface area contributed by atoms with Crippen molar-refractivity contribution in [2.45, 2.75) is 41.5 Å². The first-order valence-electron chi connectivity index (χ1n) is 29.3. The predicted molar refractivity (Wildman–Crippen MR) is 358 cm³/mol. The van der Waals surface area contributed by atoms with E-state index in [1.165, 1.54) is 66.8 Å². The highest BCUT2D eigenvalue weighted by Crippen LogP contribution is 2.50. The molecule has 15 aromatic rings. The Balaban J connectivity index is 0.966. The smallest absolute Gasteiger partial charge is 0.0948 e. The number of anilines is 3. The molecule has 85 heavy (non-hydrogen) atoms. The SMILES string of the molecule is Cc1ccc(C)c(-c2ccc(-c3ccc(N(c4ccc(-c5ccc(-c6cc(C)ccc6C)c6cccnc56)c5ccccc45)c4ccc(-c5ccc(-c6cc(C)ccc6C)c6cccnc56)c5cccnc45)c4ccccc34)c3ncccc23)c1. The summed E-state index contributed by atoms with van der Waals surface area (Å²) < 4.78 is 0. The molecule has 0 saturated carbocycles. The van der Waals surface area contributed by atoms with Crippen LogP contribution < -0.4 is 4.90 Å². The first-order chi connectivity index (χ1) is 41.7. The third-order valence-corrected chi connectivity index (χ3v) is 17.5. The van der Waals surface area contributed by atoms with Gasteiger partial charge in [-0.25, -0.2) is 0 Å². The minimum atomic E-state index is 0.874. The molecule has 404 valence electrons. The Labute approximate surface area is 495 Å². The summed E-state index contributed by atoms with van der Waals surface area (Å²) in [5, 5.41) is 8.82. The average Bonchev–Trinajstić information content (AvgIpc) is 2.61. The van der Waals surface area contributed by atoms with Gasteiger partial charge in [-0.2, -0.15) is 0 Å². The molecule has 0 aliphatic heterocycles. The molecular weight excluding hydrogens is 1030 g/mol. The van der Waals surface area contributed by atoms with Gasteiger partial charge in [0.15, 0.2) is 0 Å². The molecule has 4 aromatic heterocycles. The molecule has 0 aliphatic carbocycles. The van der Waals surface area contributed by atoms with Crippen molar-refractivity contribution in [3.63, 3.8) is 0 Å². The van der Waals surface area contributed by atoms with Gasteiger partial charge in [0.05, 0.1) is 39.1 Å². The lowest BCUT2D eigenvalue weighted by Crippen LogP contribution is -2.12. The Bertz CT molecular complexity index is 4710. The quantitative estimate of drug-likeness (QED) is 0.144. The van der Waals surface area contributed by atoms with Gasteiger partial charge in [-0.15, -0.1) is 0 Å². The lowest BCUT2D eigenvalue weighted by molar-refractivity contribution is 1.30. The van der Waals surface area contributed by atoms with Crippen molar-refractivity contribution >= 4 is 82.2 Å². The maximum absolute atomic E-state index is 5.38. The Morgan fingerprint density at radius 1 is 0.212 bits per heavy atom. The fourth-order valence-corrected chi connectivity index (χ4v) is 13.3. The number of fused-ring (bicyclic) bond motifs is 6. The van der Waals surface area contributed by atoms with Crippen LogP contribution in [0.25, 0.3) is 132 Å². The van der Waals surface area contributed by atoms with Crippen LogP contribution in [0.3, 0.4) is 0 Å². The molecule has 0 N–H and O–H groups in total. The van der Waals surface area contributed by atoms with Crippen LogP contribution in [-0.4, -0.2) is 19.9 Å². The lowest BCUT2D eigenvalue weighted by atomic mass is 9.89. The molecule has 0 atom stereocenters. The van der Waals surface area contributed by atoms with E-state index in [1.54, 1.807) is 0 Å². The van der Waals surface area contributed by atoms with Gasteiger partial charge in [0.1, 0.15) is 0 Å². The molecule has 0 fully saturated rings. The molecule has 0 bridgehead atoms. The largest absolute Gasteiger partial charge is 0.307 e. The van der Waals surface area contributed by atoms with E-state index < -0.39 is 0 Å². The molecule has 4 heterocycles.